The average molecular weight is 1030 g/mol. The molecule has 0 spiro atoms. The number of thiophene rings is 3. The quantitative estimate of drug-likeness (QED) is 0.132. The third kappa shape index (κ3) is 9.07. The molecule has 3 aromatic heterocycles. The normalized spacial score (nSPS) is 11.6. The van der Waals surface area contributed by atoms with Gasteiger partial charge in [-0.25, -0.2) is 0 Å². The molecule has 9 aromatic rings. The molecule has 6 aromatic carbocycles. The zero-order valence-electron chi connectivity index (χ0n) is 48.3. The summed E-state index contributed by atoms with van der Waals surface area (Å²) in [7, 11) is 0. The van der Waals surface area contributed by atoms with E-state index in [9.17, 15) is 0 Å². The van der Waals surface area contributed by atoms with Crippen molar-refractivity contribution in [1.29, 1.82) is 0 Å². The van der Waals surface area contributed by atoms with Gasteiger partial charge in [0.15, 0.2) is 0 Å². The summed E-state index contributed by atoms with van der Waals surface area (Å²) in [6.07, 6.45) is 0.929. The highest BCUT2D eigenvalue weighted by atomic mass is 32.1. The Bertz CT molecular complexity index is 3480. The molecule has 0 N–H and O–H groups in total. The number of benzene rings is 6. The topological polar surface area (TPSA) is 3.24 Å². The lowest BCUT2D eigenvalue weighted by Crippen LogP contribution is -2.13. The first kappa shape index (κ1) is 53.1. The second-order valence-electron chi connectivity index (χ2n) is 22.2. The third-order valence-electron chi connectivity index (χ3n) is 16.3. The van der Waals surface area contributed by atoms with Gasteiger partial charge < -0.3 is 4.90 Å². The molecule has 1 nitrogen and oxygen atoms in total. The molecule has 4 heteroatoms. The number of rotatable bonds is 10. The molecule has 0 saturated carbocycles. The van der Waals surface area contributed by atoms with Crippen LogP contribution in [0.2, 0.25) is 0 Å². The van der Waals surface area contributed by atoms with E-state index in [0.29, 0.717) is 0 Å². The Balaban J connectivity index is 1.23. The Kier molecular flexibility index (Phi) is 14.4. The van der Waals surface area contributed by atoms with Crippen molar-refractivity contribution in [2.45, 2.75) is 152 Å². The van der Waals surface area contributed by atoms with E-state index in [1.807, 2.05) is 34.0 Å². The zero-order valence-corrected chi connectivity index (χ0v) is 50.8. The highest BCUT2D eigenvalue weighted by Gasteiger charge is 2.27. The summed E-state index contributed by atoms with van der Waals surface area (Å²) in [5.74, 6) is 0. The first-order valence-corrected chi connectivity index (χ1v) is 29.1. The molecule has 9 rings (SSSR count). The van der Waals surface area contributed by atoms with E-state index in [1.54, 1.807) is 0 Å². The van der Waals surface area contributed by atoms with Crippen LogP contribution in [0.15, 0.2) is 72.8 Å². The van der Waals surface area contributed by atoms with Crippen molar-refractivity contribution >= 4 is 51.1 Å². The zero-order chi connectivity index (χ0) is 53.7. The van der Waals surface area contributed by atoms with Gasteiger partial charge in [-0.2, -0.15) is 0 Å². The molecular weight excluding hydrogens is 951 g/mol. The summed E-state index contributed by atoms with van der Waals surface area (Å²) in [4.78, 5) is 10.9. The molecule has 0 atom stereocenters. The van der Waals surface area contributed by atoms with Gasteiger partial charge in [-0.15, -0.1) is 34.0 Å². The van der Waals surface area contributed by atoms with Crippen molar-refractivity contribution in [3.05, 3.63) is 190 Å². The minimum atomic E-state index is 0.929. The van der Waals surface area contributed by atoms with Gasteiger partial charge >= 0.3 is 0 Å². The van der Waals surface area contributed by atoms with E-state index >= 15 is 0 Å². The number of anilines is 3. The average Bonchev–Trinajstić information content (AvgIpc) is 3.86. The van der Waals surface area contributed by atoms with E-state index in [-0.39, 0.29) is 0 Å². The molecule has 0 amide bonds. The van der Waals surface area contributed by atoms with Crippen molar-refractivity contribution in [2.24, 2.45) is 0 Å². The van der Waals surface area contributed by atoms with Crippen LogP contribution in [0.25, 0.3) is 62.6 Å². The predicted octanol–water partition coefficient (Wildman–Crippen LogP) is 22.1. The van der Waals surface area contributed by atoms with E-state index in [1.165, 1.54) is 197 Å². The fourth-order valence-electron chi connectivity index (χ4n) is 12.7. The van der Waals surface area contributed by atoms with E-state index in [0.717, 1.165) is 6.42 Å². The van der Waals surface area contributed by atoms with Crippen molar-refractivity contribution in [3.8, 4) is 62.6 Å². The lowest BCUT2D eigenvalue weighted by molar-refractivity contribution is 1.12. The van der Waals surface area contributed by atoms with Crippen LogP contribution in [0.1, 0.15) is 124 Å². The van der Waals surface area contributed by atoms with Gasteiger partial charge in [-0.1, -0.05) is 60.0 Å². The first-order chi connectivity index (χ1) is 34.9. The van der Waals surface area contributed by atoms with Crippen molar-refractivity contribution in [2.75, 3.05) is 4.90 Å². The van der Waals surface area contributed by atoms with Gasteiger partial charge in [0.25, 0.3) is 0 Å². The van der Waals surface area contributed by atoms with Gasteiger partial charge in [-0.3, -0.25) is 0 Å². The predicted molar refractivity (Wildman–Crippen MR) is 331 cm³/mol. The molecule has 74 heavy (non-hydrogen) atoms. The van der Waals surface area contributed by atoms with Gasteiger partial charge in [0.1, 0.15) is 0 Å². The van der Waals surface area contributed by atoms with Crippen LogP contribution in [-0.2, 0) is 6.42 Å². The molecule has 0 unspecified atom stereocenters. The Morgan fingerprint density at radius 1 is 0.257 bits per heavy atom. The largest absolute Gasteiger partial charge is 0.310 e. The van der Waals surface area contributed by atoms with Crippen LogP contribution in [0, 0.1) is 138 Å². The van der Waals surface area contributed by atoms with Gasteiger partial charge in [0, 0.05) is 46.3 Å². The van der Waals surface area contributed by atoms with Crippen LogP contribution in [0.3, 0.4) is 0 Å². The molecule has 0 radical (unpaired) electrons. The van der Waals surface area contributed by atoms with Crippen LogP contribution < -0.4 is 4.90 Å². The second-order valence-corrected chi connectivity index (χ2v) is 25.3. The summed E-state index contributed by atoms with van der Waals surface area (Å²) < 4.78 is 0. The van der Waals surface area contributed by atoms with Crippen molar-refractivity contribution < 1.29 is 0 Å². The number of hydrogen-bond donors (Lipinski definition) is 0. The van der Waals surface area contributed by atoms with E-state index in [2.05, 4.69) is 223 Å². The lowest BCUT2D eigenvalue weighted by atomic mass is 9.92. The molecule has 0 aliphatic rings. The van der Waals surface area contributed by atoms with Gasteiger partial charge in [-0.05, 0) is 315 Å². The SMILES string of the molecule is CCc1cc(N(c2cc(C)c(-c3sc(-c4c(C)cc(C)cc4C)c(C)c3C)c(C)c2)c2cc(C)c(-c3sc(-c4c(C)cc(C)cc4C)c(C)c3C)c(C)c2)cc(C)c1-c1sc(-c2c(C)cc(C)cc2C)c(C)c1C. The fourth-order valence-corrected chi connectivity index (χ4v) is 17.7. The summed E-state index contributed by atoms with van der Waals surface area (Å²) in [6.45, 7) is 48.3. The third-order valence-corrected chi connectivity index (χ3v) is 20.6. The maximum absolute atomic E-state index is 2.56. The monoisotopic (exact) mass is 1030 g/mol. The minimum Gasteiger partial charge on any atom is -0.310 e. The fraction of sp³-hybridized carbons (Fsp3) is 0.314. The van der Waals surface area contributed by atoms with E-state index in [4.69, 9.17) is 0 Å². The molecule has 0 bridgehead atoms. The van der Waals surface area contributed by atoms with Crippen LogP contribution in [-0.4, -0.2) is 0 Å². The maximum Gasteiger partial charge on any atom is 0.0467 e. The molecule has 0 fully saturated rings. The molecular formula is C70H77NS3. The van der Waals surface area contributed by atoms with Crippen molar-refractivity contribution in [3.63, 3.8) is 0 Å². The molecule has 380 valence electrons. The summed E-state index contributed by atoms with van der Waals surface area (Å²) in [5.41, 5.74) is 40.1. The number of aryl methyl sites for hydroxylation is 15. The first-order valence-electron chi connectivity index (χ1n) is 26.6. The Morgan fingerprint density at radius 3 is 0.676 bits per heavy atom. The summed E-state index contributed by atoms with van der Waals surface area (Å²) >= 11 is 5.92. The van der Waals surface area contributed by atoms with Crippen LogP contribution in [0.4, 0.5) is 17.1 Å². The van der Waals surface area contributed by atoms with E-state index < -0.39 is 0 Å². The summed E-state index contributed by atoms with van der Waals surface area (Å²) in [6, 6.07) is 28.9. The van der Waals surface area contributed by atoms with Crippen LogP contribution in [0.5, 0.6) is 0 Å². The Hall–Kier alpha value is -5.78. The van der Waals surface area contributed by atoms with Gasteiger partial charge in [0.2, 0.25) is 0 Å². The van der Waals surface area contributed by atoms with Gasteiger partial charge in [0.05, 0.1) is 0 Å². The Morgan fingerprint density at radius 2 is 0.446 bits per heavy atom. The molecule has 0 saturated heterocycles. The highest BCUT2D eigenvalue weighted by Crippen LogP contribution is 2.52. The Labute approximate surface area is 457 Å². The molecule has 0 aliphatic carbocycles. The number of nitrogens with zero attached hydrogens (tertiary/aromatic N) is 1. The maximum atomic E-state index is 2.56. The minimum absolute atomic E-state index is 0.929. The molecule has 3 heterocycles. The molecule has 0 aliphatic heterocycles. The lowest BCUT2D eigenvalue weighted by Gasteiger charge is -2.30. The van der Waals surface area contributed by atoms with Crippen molar-refractivity contribution in [1.82, 2.24) is 0 Å². The standard InChI is InChI=1S/C70H77NS3/c1-22-55-34-58(33-48(15)64(55)70-54(21)53(20)67(74-70)61-42(9)27-37(4)28-43(61)10)71(56-29-44(11)62(45(12)30-56)68-51(18)49(16)65(72-68)59-38(5)23-35(2)24-39(59)6)57-31-46(13)63(47(14)32-57)69-52(19)50(17)66(73-69)60-40(7)25-36(3)26-41(60)8/h23-34H,22H2,1-21H3. The number of hydrogen-bond acceptors (Lipinski definition) is 4. The highest BCUT2D eigenvalue weighted by molar-refractivity contribution is 7.20. The smallest absolute Gasteiger partial charge is 0.0467 e. The summed E-state index contributed by atoms with van der Waals surface area (Å²) in [5, 5.41) is 0. The second kappa shape index (κ2) is 20.1. The van der Waals surface area contributed by atoms with Crippen LogP contribution >= 0.6 is 34.0 Å².